The molecule has 2 aromatic rings. The monoisotopic (exact) mass is 422 g/mol. The molecule has 0 aliphatic heterocycles. The first-order valence-electron chi connectivity index (χ1n) is 9.25. The van der Waals surface area contributed by atoms with Crippen molar-refractivity contribution < 1.29 is 22.9 Å². The zero-order chi connectivity index (χ0) is 22.3. The summed E-state index contributed by atoms with van der Waals surface area (Å²) in [4.78, 5) is 20.7. The van der Waals surface area contributed by atoms with E-state index in [2.05, 4.69) is 31.6 Å². The lowest BCUT2D eigenvalue weighted by molar-refractivity contribution is -0.133. The maximum absolute atomic E-state index is 12.4. The number of anilines is 1. The van der Waals surface area contributed by atoms with Gasteiger partial charge >= 0.3 is 6.61 Å². The summed E-state index contributed by atoms with van der Waals surface area (Å²) in [6.07, 6.45) is 4.60. The maximum Gasteiger partial charge on any atom is 0.345 e. The van der Waals surface area contributed by atoms with E-state index < -0.39 is 25.0 Å². The molecule has 2 aromatic heterocycles. The van der Waals surface area contributed by atoms with Crippen LogP contribution in [0.15, 0.2) is 34.0 Å². The van der Waals surface area contributed by atoms with Crippen LogP contribution in [0.5, 0.6) is 0 Å². The van der Waals surface area contributed by atoms with E-state index in [9.17, 15) is 13.6 Å². The number of carbonyl (C=O) groups is 1. The molecule has 2 rings (SSSR count). The molecule has 4 N–H and O–H groups in total. The van der Waals surface area contributed by atoms with Crippen LogP contribution in [0.3, 0.4) is 0 Å². The Morgan fingerprint density at radius 3 is 2.73 bits per heavy atom. The number of halogens is 2. The first-order valence-corrected chi connectivity index (χ1v) is 9.25. The summed E-state index contributed by atoms with van der Waals surface area (Å²) >= 11 is 0. The van der Waals surface area contributed by atoms with Gasteiger partial charge in [-0.3, -0.25) is 9.79 Å². The summed E-state index contributed by atoms with van der Waals surface area (Å²) in [5, 5.41) is 7.49. The molecule has 9 nitrogen and oxygen atoms in total. The normalized spacial score (nSPS) is 13.8. The van der Waals surface area contributed by atoms with Gasteiger partial charge in [-0.1, -0.05) is 26.0 Å². The van der Waals surface area contributed by atoms with Gasteiger partial charge in [-0.2, -0.15) is 8.78 Å². The van der Waals surface area contributed by atoms with E-state index in [1.807, 2.05) is 6.92 Å². The van der Waals surface area contributed by atoms with E-state index in [4.69, 9.17) is 16.1 Å². The summed E-state index contributed by atoms with van der Waals surface area (Å²) in [5.74, 6) is -1.57. The molecule has 2 heterocycles. The van der Waals surface area contributed by atoms with Crippen molar-refractivity contribution in [1.82, 2.24) is 15.3 Å². The fraction of sp³-hybridized carbons (Fsp3) is 0.421. The minimum absolute atomic E-state index is 0.0836. The second kappa shape index (κ2) is 10.5. The minimum Gasteiger partial charge on any atom is -0.396 e. The topological polar surface area (TPSA) is 143 Å². The van der Waals surface area contributed by atoms with Crippen LogP contribution in [0, 0.1) is 5.92 Å². The fourth-order valence-corrected chi connectivity index (χ4v) is 2.83. The number of nitrogen functional groups attached to an aromatic ring is 1. The average Bonchev–Trinajstić information content (AvgIpc) is 3.18. The van der Waals surface area contributed by atoms with Crippen LogP contribution in [-0.2, 0) is 22.4 Å². The molecule has 30 heavy (non-hydrogen) atoms. The van der Waals surface area contributed by atoms with Crippen molar-refractivity contribution in [3.8, 4) is 0 Å². The molecule has 0 saturated carbocycles. The third-order valence-electron chi connectivity index (χ3n) is 4.31. The van der Waals surface area contributed by atoms with Crippen molar-refractivity contribution >= 4 is 28.5 Å². The van der Waals surface area contributed by atoms with E-state index in [0.717, 1.165) is 0 Å². The molecular formula is C19H24F2N6O3. The van der Waals surface area contributed by atoms with Crippen molar-refractivity contribution in [2.45, 2.75) is 39.7 Å². The van der Waals surface area contributed by atoms with Gasteiger partial charge in [-0.25, -0.2) is 9.61 Å². The minimum atomic E-state index is -2.96. The van der Waals surface area contributed by atoms with E-state index in [-0.39, 0.29) is 12.1 Å². The van der Waals surface area contributed by atoms with Crippen molar-refractivity contribution in [3.05, 3.63) is 35.7 Å². The van der Waals surface area contributed by atoms with Crippen LogP contribution >= 0.6 is 0 Å². The predicted octanol–water partition coefficient (Wildman–Crippen LogP) is 2.57. The smallest absolute Gasteiger partial charge is 0.345 e. The molecule has 162 valence electrons. The number of aryl methyl sites for hydroxylation is 1. The first-order chi connectivity index (χ1) is 14.3. The lowest BCUT2D eigenvalue weighted by Crippen LogP contribution is -2.32. The summed E-state index contributed by atoms with van der Waals surface area (Å²) < 4.78 is 33.7. The molecule has 1 amide bonds. The number of nitrogens with zero attached hydrogens (tertiary/aromatic N) is 4. The third-order valence-corrected chi connectivity index (χ3v) is 4.31. The average molecular weight is 422 g/mol. The molecule has 11 heteroatoms. The number of hydrogen-bond donors (Lipinski definition) is 2. The van der Waals surface area contributed by atoms with Crippen molar-refractivity contribution in [1.29, 1.82) is 0 Å². The molecule has 1 unspecified atom stereocenters. The van der Waals surface area contributed by atoms with Gasteiger partial charge in [0.05, 0.1) is 12.3 Å². The van der Waals surface area contributed by atoms with Crippen molar-refractivity contribution in [3.63, 3.8) is 0 Å². The highest BCUT2D eigenvalue weighted by molar-refractivity contribution is 6.39. The Hall–Kier alpha value is -3.21. The van der Waals surface area contributed by atoms with Crippen molar-refractivity contribution in [2.24, 2.45) is 16.6 Å². The number of amides is 1. The van der Waals surface area contributed by atoms with Gasteiger partial charge in [-0.05, 0) is 23.2 Å². The van der Waals surface area contributed by atoms with Gasteiger partial charge < -0.3 is 16.2 Å². The summed E-state index contributed by atoms with van der Waals surface area (Å²) in [7, 11) is 0. The number of pyridine rings is 1. The molecule has 0 saturated heterocycles. The lowest BCUT2D eigenvalue weighted by Gasteiger charge is -2.15. The molecule has 0 spiro atoms. The Morgan fingerprint density at radius 1 is 1.40 bits per heavy atom. The Bertz CT molecular complexity index is 971. The Kier molecular flexibility index (Phi) is 8.10. The standard InChI is InChI=1S/C19H24F2N6O3/c1-4-6-7-11(24-15(17(23)28)10(3)9-29-19(20)21)8-12-13(5-2)25-18-16(14(12)22)26-30-27-18/h4,7,10,19H,1,5-6,8-9,22H2,2-3H3,(H2,23,28)/b11-7-,24-15?. The number of allylic oxidation sites excluding steroid dienone is 3. The number of carbonyl (C=O) groups excluding carboxylic acids is 1. The highest BCUT2D eigenvalue weighted by atomic mass is 19.3. The Balaban J connectivity index is 2.46. The van der Waals surface area contributed by atoms with E-state index >= 15 is 0 Å². The van der Waals surface area contributed by atoms with Gasteiger partial charge in [0.1, 0.15) is 5.71 Å². The van der Waals surface area contributed by atoms with Gasteiger partial charge in [0, 0.05) is 29.3 Å². The SMILES string of the molecule is C=CC/C=C(/Cc1c(CC)nc2nonc2c1N)N=C(C(N)=O)C(C)COC(F)F. The van der Waals surface area contributed by atoms with Crippen LogP contribution in [0.1, 0.15) is 31.5 Å². The van der Waals surface area contributed by atoms with Gasteiger partial charge in [0.15, 0.2) is 5.52 Å². The van der Waals surface area contributed by atoms with Crippen LogP contribution in [0.4, 0.5) is 14.5 Å². The largest absolute Gasteiger partial charge is 0.396 e. The number of ether oxygens (including phenoxy) is 1. The number of aliphatic imine (C=N–C) groups is 1. The molecule has 0 bridgehead atoms. The van der Waals surface area contributed by atoms with Crippen LogP contribution in [0.2, 0.25) is 0 Å². The Labute approximate surface area is 171 Å². The van der Waals surface area contributed by atoms with E-state index in [1.54, 1.807) is 12.2 Å². The number of rotatable bonds is 11. The summed E-state index contributed by atoms with van der Waals surface area (Å²) in [6, 6.07) is 0. The molecule has 0 aliphatic carbocycles. The molecule has 0 fully saturated rings. The van der Waals surface area contributed by atoms with E-state index in [0.29, 0.717) is 46.6 Å². The highest BCUT2D eigenvalue weighted by Gasteiger charge is 2.21. The first kappa shape index (κ1) is 23.1. The van der Waals surface area contributed by atoms with Crippen molar-refractivity contribution in [2.75, 3.05) is 12.3 Å². The second-order valence-electron chi connectivity index (χ2n) is 6.49. The zero-order valence-corrected chi connectivity index (χ0v) is 16.8. The zero-order valence-electron chi connectivity index (χ0n) is 16.8. The number of primary amides is 1. The second-order valence-corrected chi connectivity index (χ2v) is 6.49. The highest BCUT2D eigenvalue weighted by Crippen LogP contribution is 2.27. The lowest BCUT2D eigenvalue weighted by atomic mass is 10.0. The van der Waals surface area contributed by atoms with Crippen LogP contribution in [-0.4, -0.2) is 40.1 Å². The number of hydrogen-bond acceptors (Lipinski definition) is 8. The van der Waals surface area contributed by atoms with Crippen LogP contribution in [0.25, 0.3) is 11.2 Å². The predicted molar refractivity (Wildman–Crippen MR) is 108 cm³/mol. The number of alkyl halides is 2. The molecular weight excluding hydrogens is 398 g/mol. The molecule has 0 radical (unpaired) electrons. The summed E-state index contributed by atoms with van der Waals surface area (Å²) in [6.45, 7) is 3.73. The summed E-state index contributed by atoms with van der Waals surface area (Å²) in [5.41, 5.74) is 14.3. The van der Waals surface area contributed by atoms with E-state index in [1.165, 1.54) is 6.92 Å². The number of aromatic nitrogens is 3. The van der Waals surface area contributed by atoms with Gasteiger partial charge in [0.25, 0.3) is 5.91 Å². The third kappa shape index (κ3) is 5.66. The Morgan fingerprint density at radius 2 is 2.13 bits per heavy atom. The number of fused-ring (bicyclic) bond motifs is 1. The van der Waals surface area contributed by atoms with Gasteiger partial charge in [0.2, 0.25) is 5.65 Å². The quantitative estimate of drug-likeness (QED) is 0.418. The molecule has 1 atom stereocenters. The van der Waals surface area contributed by atoms with Crippen LogP contribution < -0.4 is 11.5 Å². The van der Waals surface area contributed by atoms with Gasteiger partial charge in [-0.15, -0.1) is 6.58 Å². The maximum atomic E-state index is 12.4. The number of nitrogens with two attached hydrogens (primary N) is 2. The fourth-order valence-electron chi connectivity index (χ4n) is 2.83. The molecule has 0 aromatic carbocycles. The molecule has 0 aliphatic rings.